The van der Waals surface area contributed by atoms with Gasteiger partial charge in [-0.25, -0.2) is 0 Å². The number of aryl methyl sites for hydroxylation is 1. The van der Waals surface area contributed by atoms with Gasteiger partial charge in [-0.2, -0.15) is 0 Å². The molecular formula is C17H23NO3. The zero-order valence-corrected chi connectivity index (χ0v) is 12.5. The molecule has 1 fully saturated rings. The van der Waals surface area contributed by atoms with Gasteiger partial charge in [-0.1, -0.05) is 17.7 Å². The van der Waals surface area contributed by atoms with E-state index in [9.17, 15) is 4.79 Å². The molecule has 1 saturated heterocycles. The van der Waals surface area contributed by atoms with E-state index in [-0.39, 0.29) is 6.10 Å². The van der Waals surface area contributed by atoms with E-state index in [4.69, 9.17) is 9.84 Å². The molecule has 1 N–H and O–H groups in total. The van der Waals surface area contributed by atoms with Crippen LogP contribution in [0.5, 0.6) is 5.75 Å². The van der Waals surface area contributed by atoms with E-state index in [2.05, 4.69) is 30.0 Å². The maximum atomic E-state index is 10.9. The Kier molecular flexibility index (Phi) is 4.15. The molecule has 4 nitrogen and oxygen atoms in total. The Morgan fingerprint density at radius 2 is 2.33 bits per heavy atom. The van der Waals surface area contributed by atoms with Crippen LogP contribution in [0.1, 0.15) is 30.4 Å². The number of benzene rings is 1. The highest BCUT2D eigenvalue weighted by Crippen LogP contribution is 2.30. The third kappa shape index (κ3) is 3.56. The van der Waals surface area contributed by atoms with Crippen molar-refractivity contribution in [2.75, 3.05) is 19.6 Å². The van der Waals surface area contributed by atoms with Gasteiger partial charge in [-0.15, -0.1) is 0 Å². The maximum Gasteiger partial charge on any atom is 0.303 e. The second kappa shape index (κ2) is 6.06. The highest BCUT2D eigenvalue weighted by atomic mass is 16.5. The molecule has 0 radical (unpaired) electrons. The topological polar surface area (TPSA) is 49.8 Å². The number of nitrogens with zero attached hydrogens (tertiary/aromatic N) is 1. The molecule has 0 aromatic heterocycles. The van der Waals surface area contributed by atoms with E-state index in [1.54, 1.807) is 0 Å². The second-order valence-corrected chi connectivity index (χ2v) is 6.42. The number of carbonyl (C=O) groups is 1. The molecule has 0 amide bonds. The van der Waals surface area contributed by atoms with Gasteiger partial charge in [0.15, 0.2) is 0 Å². The van der Waals surface area contributed by atoms with Crippen molar-refractivity contribution in [1.82, 2.24) is 4.90 Å². The molecular weight excluding hydrogens is 266 g/mol. The van der Waals surface area contributed by atoms with E-state index < -0.39 is 5.97 Å². The van der Waals surface area contributed by atoms with Crippen LogP contribution in [-0.2, 0) is 11.2 Å². The van der Waals surface area contributed by atoms with Crippen LogP contribution >= 0.6 is 0 Å². The second-order valence-electron chi connectivity index (χ2n) is 6.42. The summed E-state index contributed by atoms with van der Waals surface area (Å²) in [5, 5.41) is 8.94. The summed E-state index contributed by atoms with van der Waals surface area (Å²) in [7, 11) is 0. The number of aliphatic carboxylic acids is 1. The molecule has 2 atom stereocenters. The molecule has 0 aliphatic carbocycles. The number of hydrogen-bond acceptors (Lipinski definition) is 3. The smallest absolute Gasteiger partial charge is 0.303 e. The van der Waals surface area contributed by atoms with Gasteiger partial charge in [-0.05, 0) is 43.9 Å². The number of hydrogen-bond donors (Lipinski definition) is 1. The number of piperidine rings is 1. The minimum atomic E-state index is -0.679. The number of likely N-dealkylation sites (tertiary alicyclic amines) is 1. The van der Waals surface area contributed by atoms with Crippen molar-refractivity contribution in [2.24, 2.45) is 5.92 Å². The molecule has 0 bridgehead atoms. The lowest BCUT2D eigenvalue weighted by molar-refractivity contribution is -0.138. The fraction of sp³-hybridized carbons (Fsp3) is 0.588. The maximum absolute atomic E-state index is 10.9. The Hall–Kier alpha value is -1.55. The first-order valence-electron chi connectivity index (χ1n) is 7.80. The molecule has 21 heavy (non-hydrogen) atoms. The minimum absolute atomic E-state index is 0.213. The van der Waals surface area contributed by atoms with Gasteiger partial charge in [-0.3, -0.25) is 9.69 Å². The van der Waals surface area contributed by atoms with Gasteiger partial charge < -0.3 is 9.84 Å². The molecule has 2 heterocycles. The van der Waals surface area contributed by atoms with Gasteiger partial charge in [0.2, 0.25) is 0 Å². The van der Waals surface area contributed by atoms with Crippen LogP contribution < -0.4 is 4.74 Å². The number of ether oxygens (including phenoxy) is 1. The van der Waals surface area contributed by atoms with E-state index >= 15 is 0 Å². The fourth-order valence-corrected chi connectivity index (χ4v) is 3.57. The first kappa shape index (κ1) is 14.4. The molecule has 3 rings (SSSR count). The van der Waals surface area contributed by atoms with Crippen molar-refractivity contribution < 1.29 is 14.6 Å². The molecule has 114 valence electrons. The lowest BCUT2D eigenvalue weighted by Gasteiger charge is -2.33. The predicted octanol–water partition coefficient (Wildman–Crippen LogP) is 2.49. The summed E-state index contributed by atoms with van der Waals surface area (Å²) in [6.07, 6.45) is 3.61. The molecule has 1 aromatic carbocycles. The van der Waals surface area contributed by atoms with Crippen molar-refractivity contribution in [2.45, 2.75) is 38.7 Å². The SMILES string of the molecule is Cc1ccc2c(c1)CC(CN1CCCC(CC(=O)O)C1)O2. The van der Waals surface area contributed by atoms with E-state index in [0.717, 1.165) is 44.6 Å². The summed E-state index contributed by atoms with van der Waals surface area (Å²) in [6.45, 7) is 4.96. The summed E-state index contributed by atoms with van der Waals surface area (Å²) in [5.74, 6) is 0.633. The average Bonchev–Trinajstić information content (AvgIpc) is 2.79. The number of carboxylic acid groups (broad SMARTS) is 1. The Morgan fingerprint density at radius 1 is 1.48 bits per heavy atom. The van der Waals surface area contributed by atoms with E-state index in [1.807, 2.05) is 0 Å². The summed E-state index contributed by atoms with van der Waals surface area (Å²) in [5.41, 5.74) is 2.58. The van der Waals surface area contributed by atoms with E-state index in [1.165, 1.54) is 11.1 Å². The van der Waals surface area contributed by atoms with Crippen molar-refractivity contribution in [3.8, 4) is 5.75 Å². The normalized spacial score (nSPS) is 25.4. The molecule has 2 aliphatic heterocycles. The predicted molar refractivity (Wildman–Crippen MR) is 80.7 cm³/mol. The van der Waals surface area contributed by atoms with Crippen molar-refractivity contribution in [3.05, 3.63) is 29.3 Å². The highest BCUT2D eigenvalue weighted by molar-refractivity contribution is 5.67. The lowest BCUT2D eigenvalue weighted by atomic mass is 9.94. The van der Waals surface area contributed by atoms with Gasteiger partial charge in [0.05, 0.1) is 0 Å². The van der Waals surface area contributed by atoms with Crippen LogP contribution in [0.15, 0.2) is 18.2 Å². The third-order valence-corrected chi connectivity index (χ3v) is 4.49. The Balaban J connectivity index is 1.55. The first-order valence-corrected chi connectivity index (χ1v) is 7.80. The van der Waals surface area contributed by atoms with Crippen molar-refractivity contribution >= 4 is 5.97 Å². The Bertz CT molecular complexity index is 529. The summed E-state index contributed by atoms with van der Waals surface area (Å²) in [6, 6.07) is 6.36. The van der Waals surface area contributed by atoms with Crippen molar-refractivity contribution in [3.63, 3.8) is 0 Å². The number of carboxylic acids is 1. The zero-order chi connectivity index (χ0) is 14.8. The van der Waals surface area contributed by atoms with Gasteiger partial charge in [0.1, 0.15) is 11.9 Å². The van der Waals surface area contributed by atoms with Gasteiger partial charge in [0, 0.05) is 25.9 Å². The molecule has 4 heteroatoms. The van der Waals surface area contributed by atoms with Crippen LogP contribution in [0, 0.1) is 12.8 Å². The van der Waals surface area contributed by atoms with Gasteiger partial charge >= 0.3 is 5.97 Å². The number of fused-ring (bicyclic) bond motifs is 1. The van der Waals surface area contributed by atoms with Crippen LogP contribution in [0.2, 0.25) is 0 Å². The first-order chi connectivity index (χ1) is 10.1. The number of rotatable bonds is 4. The van der Waals surface area contributed by atoms with Crippen LogP contribution in [0.4, 0.5) is 0 Å². The van der Waals surface area contributed by atoms with Gasteiger partial charge in [0.25, 0.3) is 0 Å². The molecule has 2 unspecified atom stereocenters. The average molecular weight is 289 g/mol. The molecule has 0 saturated carbocycles. The molecule has 1 aromatic rings. The summed E-state index contributed by atoms with van der Waals surface area (Å²) < 4.78 is 6.02. The summed E-state index contributed by atoms with van der Waals surface area (Å²) >= 11 is 0. The zero-order valence-electron chi connectivity index (χ0n) is 12.5. The van der Waals surface area contributed by atoms with E-state index in [0.29, 0.717) is 12.3 Å². The van der Waals surface area contributed by atoms with Crippen LogP contribution in [-0.4, -0.2) is 41.7 Å². The highest BCUT2D eigenvalue weighted by Gasteiger charge is 2.28. The quantitative estimate of drug-likeness (QED) is 0.925. The molecule has 0 spiro atoms. The largest absolute Gasteiger partial charge is 0.488 e. The monoisotopic (exact) mass is 289 g/mol. The van der Waals surface area contributed by atoms with Crippen molar-refractivity contribution in [1.29, 1.82) is 0 Å². The lowest BCUT2D eigenvalue weighted by Crippen LogP contribution is -2.41. The summed E-state index contributed by atoms with van der Waals surface area (Å²) in [4.78, 5) is 13.2. The fourth-order valence-electron chi connectivity index (χ4n) is 3.57. The molecule has 2 aliphatic rings. The third-order valence-electron chi connectivity index (χ3n) is 4.49. The minimum Gasteiger partial charge on any atom is -0.488 e. The standard InChI is InChI=1S/C17H23NO3/c1-12-4-5-16-14(7-12)9-15(21-16)11-18-6-2-3-13(10-18)8-17(19)20/h4-5,7,13,15H,2-3,6,8-11H2,1H3,(H,19,20). The Morgan fingerprint density at radius 3 is 3.14 bits per heavy atom. The van der Waals surface area contributed by atoms with Crippen LogP contribution in [0.3, 0.4) is 0 Å². The Labute approximate surface area is 125 Å². The van der Waals surface area contributed by atoms with Crippen LogP contribution in [0.25, 0.3) is 0 Å².